The largest absolute Gasteiger partial charge is 0.367 e. The van der Waals surface area contributed by atoms with E-state index in [1.54, 1.807) is 0 Å². The first-order valence-corrected chi connectivity index (χ1v) is 11.6. The second-order valence-electron chi connectivity index (χ2n) is 7.56. The van der Waals surface area contributed by atoms with Crippen molar-refractivity contribution >= 4 is 35.3 Å². The molecule has 3 rings (SSSR count). The Morgan fingerprint density at radius 2 is 1.76 bits per heavy atom. The monoisotopic (exact) mass is 344 g/mol. The molecular formula is C17H28OS3. The van der Waals surface area contributed by atoms with Crippen LogP contribution in [0.2, 0.25) is 0 Å². The Balaban J connectivity index is 2.03. The second-order valence-corrected chi connectivity index (χ2v) is 11.4. The van der Waals surface area contributed by atoms with E-state index in [1.165, 1.54) is 25.7 Å². The molecule has 120 valence electrons. The molecule has 1 saturated heterocycles. The molecule has 0 amide bonds. The van der Waals surface area contributed by atoms with Crippen LogP contribution < -0.4 is 0 Å². The zero-order chi connectivity index (χ0) is 15.4. The molecule has 2 fully saturated rings. The third kappa shape index (κ3) is 2.19. The summed E-state index contributed by atoms with van der Waals surface area (Å²) in [4.78, 5) is 0. The molecule has 0 aromatic heterocycles. The van der Waals surface area contributed by atoms with E-state index >= 15 is 0 Å². The van der Waals surface area contributed by atoms with E-state index in [9.17, 15) is 0 Å². The van der Waals surface area contributed by atoms with Gasteiger partial charge < -0.3 is 4.74 Å². The lowest BCUT2D eigenvalue weighted by Gasteiger charge is -2.53. The SMILES string of the molecule is CSC(SC)(SC)[C@]12C=C[C@@H]3C(C)(C)CCC[C@@]3(CO1)C2. The van der Waals surface area contributed by atoms with Gasteiger partial charge in [0, 0.05) is 5.41 Å². The van der Waals surface area contributed by atoms with E-state index < -0.39 is 0 Å². The highest BCUT2D eigenvalue weighted by molar-refractivity contribution is 8.33. The van der Waals surface area contributed by atoms with E-state index in [0.29, 0.717) is 16.7 Å². The van der Waals surface area contributed by atoms with Crippen molar-refractivity contribution in [2.45, 2.75) is 48.5 Å². The van der Waals surface area contributed by atoms with Crippen LogP contribution in [0.4, 0.5) is 0 Å². The van der Waals surface area contributed by atoms with Gasteiger partial charge in [0.15, 0.2) is 0 Å². The number of rotatable bonds is 4. The van der Waals surface area contributed by atoms with E-state index in [0.717, 1.165) is 6.61 Å². The quantitative estimate of drug-likeness (QED) is 0.507. The second kappa shape index (κ2) is 5.39. The molecule has 1 spiro atoms. The normalized spacial score (nSPS) is 41.1. The molecule has 2 aliphatic carbocycles. The zero-order valence-corrected chi connectivity index (χ0v) is 16.4. The Kier molecular flexibility index (Phi) is 4.26. The summed E-state index contributed by atoms with van der Waals surface area (Å²) in [5.74, 6) is 0.692. The molecule has 0 aromatic rings. The summed E-state index contributed by atoms with van der Waals surface area (Å²) in [5, 5.41) is 0. The number of fused-ring (bicyclic) bond motifs is 1. The standard InChI is InChI=1S/C17H28OS3/c1-14(2)8-6-9-15-11-16(18-12-15,10-7-13(14)15)17(19-3,20-4)21-5/h7,10,13H,6,8-9,11-12H2,1-5H3/t13-,15+,16-/m1/s1. The van der Waals surface area contributed by atoms with E-state index in [-0.39, 0.29) is 9.01 Å². The minimum atomic E-state index is -0.0881. The highest BCUT2D eigenvalue weighted by atomic mass is 32.3. The lowest BCUT2D eigenvalue weighted by atomic mass is 9.52. The van der Waals surface area contributed by atoms with Crippen molar-refractivity contribution in [2.75, 3.05) is 25.4 Å². The first kappa shape index (κ1) is 16.6. The predicted molar refractivity (Wildman–Crippen MR) is 99.3 cm³/mol. The van der Waals surface area contributed by atoms with Crippen LogP contribution in [0, 0.1) is 16.7 Å². The van der Waals surface area contributed by atoms with Gasteiger partial charge in [-0.2, -0.15) is 0 Å². The van der Waals surface area contributed by atoms with Crippen LogP contribution in [0.3, 0.4) is 0 Å². The summed E-state index contributed by atoms with van der Waals surface area (Å²) in [7, 11) is 0. The van der Waals surface area contributed by atoms with E-state index in [2.05, 4.69) is 44.8 Å². The summed E-state index contributed by atoms with van der Waals surface area (Å²) in [6.07, 6.45) is 17.0. The number of hydrogen-bond acceptors (Lipinski definition) is 4. The Morgan fingerprint density at radius 1 is 1.10 bits per heavy atom. The van der Waals surface area contributed by atoms with Crippen molar-refractivity contribution in [3.63, 3.8) is 0 Å². The van der Waals surface area contributed by atoms with Crippen molar-refractivity contribution in [1.82, 2.24) is 0 Å². The van der Waals surface area contributed by atoms with Crippen molar-refractivity contribution in [1.29, 1.82) is 0 Å². The van der Waals surface area contributed by atoms with E-state index in [4.69, 9.17) is 4.74 Å². The number of allylic oxidation sites excluding steroid dienone is 1. The van der Waals surface area contributed by atoms with Crippen LogP contribution in [0.1, 0.15) is 39.5 Å². The first-order chi connectivity index (χ1) is 9.89. The minimum Gasteiger partial charge on any atom is -0.367 e. The number of thioether (sulfide) groups is 3. The van der Waals surface area contributed by atoms with Gasteiger partial charge >= 0.3 is 0 Å². The predicted octanol–water partition coefficient (Wildman–Crippen LogP) is 5.27. The summed E-state index contributed by atoms with van der Waals surface area (Å²) in [6, 6.07) is 0. The highest BCUT2D eigenvalue weighted by Gasteiger charge is 2.65. The van der Waals surface area contributed by atoms with E-state index in [1.807, 2.05) is 35.3 Å². The molecular weight excluding hydrogens is 316 g/mol. The Morgan fingerprint density at radius 3 is 2.38 bits per heavy atom. The average Bonchev–Trinajstić information content (AvgIpc) is 2.73. The zero-order valence-electron chi connectivity index (χ0n) is 13.9. The Labute approximate surface area is 142 Å². The van der Waals surface area contributed by atoms with Gasteiger partial charge in [-0.25, -0.2) is 0 Å². The lowest BCUT2D eigenvalue weighted by Crippen LogP contribution is -2.51. The summed E-state index contributed by atoms with van der Waals surface area (Å²) < 4.78 is 6.69. The molecule has 1 aliphatic heterocycles. The summed E-state index contributed by atoms with van der Waals surface area (Å²) in [5.41, 5.74) is 0.730. The molecule has 1 nitrogen and oxygen atoms in total. The maximum atomic E-state index is 6.61. The molecule has 3 aliphatic rings. The first-order valence-electron chi connectivity index (χ1n) is 7.88. The van der Waals surface area contributed by atoms with Crippen LogP contribution in [-0.2, 0) is 4.74 Å². The molecule has 3 atom stereocenters. The fourth-order valence-electron chi connectivity index (χ4n) is 5.18. The number of hydrogen-bond donors (Lipinski definition) is 0. The van der Waals surface area contributed by atoms with Crippen molar-refractivity contribution < 1.29 is 4.74 Å². The van der Waals surface area contributed by atoms with Gasteiger partial charge in [0.1, 0.15) is 9.01 Å². The van der Waals surface area contributed by atoms with Gasteiger partial charge in [0.2, 0.25) is 0 Å². The van der Waals surface area contributed by atoms with Gasteiger partial charge in [0.25, 0.3) is 0 Å². The fourth-order valence-corrected chi connectivity index (χ4v) is 8.82. The van der Waals surface area contributed by atoms with Crippen LogP contribution in [-0.4, -0.2) is 34.4 Å². The third-order valence-corrected chi connectivity index (χ3v) is 11.8. The van der Waals surface area contributed by atoms with Crippen LogP contribution >= 0.6 is 35.3 Å². The molecule has 1 saturated carbocycles. The maximum absolute atomic E-state index is 6.61. The lowest BCUT2D eigenvalue weighted by molar-refractivity contribution is 0.0102. The average molecular weight is 345 g/mol. The fraction of sp³-hybridized carbons (Fsp3) is 0.882. The summed E-state index contributed by atoms with van der Waals surface area (Å²) >= 11 is 5.88. The van der Waals surface area contributed by atoms with Crippen molar-refractivity contribution in [3.05, 3.63) is 12.2 Å². The third-order valence-electron chi connectivity index (χ3n) is 6.11. The van der Waals surface area contributed by atoms with Gasteiger partial charge in [-0.1, -0.05) is 32.4 Å². The van der Waals surface area contributed by atoms with Gasteiger partial charge in [0.05, 0.1) is 6.61 Å². The maximum Gasteiger partial charge on any atom is 0.139 e. The highest BCUT2D eigenvalue weighted by Crippen LogP contribution is 2.67. The molecule has 1 heterocycles. The summed E-state index contributed by atoms with van der Waals surface area (Å²) in [6.45, 7) is 5.87. The molecule has 4 heteroatoms. The minimum absolute atomic E-state index is 0.0829. The van der Waals surface area contributed by atoms with Gasteiger partial charge in [-0.05, 0) is 49.4 Å². The van der Waals surface area contributed by atoms with Crippen molar-refractivity contribution in [2.24, 2.45) is 16.7 Å². The van der Waals surface area contributed by atoms with Crippen LogP contribution in [0.5, 0.6) is 0 Å². The topological polar surface area (TPSA) is 9.23 Å². The van der Waals surface area contributed by atoms with Gasteiger partial charge in [-0.15, -0.1) is 35.3 Å². The molecule has 0 N–H and O–H groups in total. The molecule has 21 heavy (non-hydrogen) atoms. The molecule has 0 unspecified atom stereocenters. The van der Waals surface area contributed by atoms with Crippen molar-refractivity contribution in [3.8, 4) is 0 Å². The van der Waals surface area contributed by atoms with Gasteiger partial charge in [-0.3, -0.25) is 0 Å². The Hall–Kier alpha value is 0.750. The molecule has 0 radical (unpaired) electrons. The number of ether oxygens (including phenoxy) is 1. The molecule has 2 bridgehead atoms. The smallest absolute Gasteiger partial charge is 0.139 e. The van der Waals surface area contributed by atoms with Crippen LogP contribution in [0.25, 0.3) is 0 Å². The van der Waals surface area contributed by atoms with Crippen LogP contribution in [0.15, 0.2) is 12.2 Å². The molecule has 0 aromatic carbocycles. The Bertz CT molecular complexity index is 435.